The van der Waals surface area contributed by atoms with E-state index in [1.54, 1.807) is 18.2 Å². The van der Waals surface area contributed by atoms with Gasteiger partial charge in [-0.2, -0.15) is 0 Å². The summed E-state index contributed by atoms with van der Waals surface area (Å²) in [5, 5.41) is 9.45. The van der Waals surface area contributed by atoms with E-state index < -0.39 is 5.97 Å². The van der Waals surface area contributed by atoms with Crippen molar-refractivity contribution < 1.29 is 14.6 Å². The van der Waals surface area contributed by atoms with E-state index in [1.807, 2.05) is 6.07 Å². The van der Waals surface area contributed by atoms with Gasteiger partial charge in [0, 0.05) is 10.0 Å². The number of carbonyl (C=O) groups excluding carboxylic acids is 1. The molecule has 0 aliphatic rings. The quantitative estimate of drug-likeness (QED) is 0.511. The van der Waals surface area contributed by atoms with Gasteiger partial charge in [-0.25, -0.2) is 4.79 Å². The number of carbonyl (C=O) groups is 1. The standard InChI is InChI=1S/C11H11BrO3/c1-7(13)10(11(14)15-2)8-5-3-4-6-9(8)12/h3-6,13H,1-2H3/b10-7-. The van der Waals surface area contributed by atoms with Crippen molar-refractivity contribution in [3.8, 4) is 0 Å². The van der Waals surface area contributed by atoms with Crippen molar-refractivity contribution in [2.75, 3.05) is 7.11 Å². The lowest BCUT2D eigenvalue weighted by Gasteiger charge is -2.08. The number of hydrogen-bond acceptors (Lipinski definition) is 3. The molecule has 0 saturated carbocycles. The van der Waals surface area contributed by atoms with Crippen LogP contribution in [0.5, 0.6) is 0 Å². The van der Waals surface area contributed by atoms with Crippen molar-refractivity contribution in [3.05, 3.63) is 40.1 Å². The minimum atomic E-state index is -0.554. The Balaban J connectivity index is 3.30. The highest BCUT2D eigenvalue weighted by molar-refractivity contribution is 9.10. The van der Waals surface area contributed by atoms with Crippen molar-refractivity contribution in [2.24, 2.45) is 0 Å². The molecule has 0 bridgehead atoms. The minimum absolute atomic E-state index is 0.0613. The molecule has 1 rings (SSSR count). The van der Waals surface area contributed by atoms with Crippen LogP contribution in [0.15, 0.2) is 34.5 Å². The molecule has 3 nitrogen and oxygen atoms in total. The normalized spacial score (nSPS) is 11.9. The molecule has 0 radical (unpaired) electrons. The summed E-state index contributed by atoms with van der Waals surface area (Å²) in [6.07, 6.45) is 0. The zero-order valence-corrected chi connectivity index (χ0v) is 10.0. The van der Waals surface area contributed by atoms with Crippen molar-refractivity contribution in [2.45, 2.75) is 6.92 Å². The number of ether oxygens (including phenoxy) is 1. The van der Waals surface area contributed by atoms with Crippen LogP contribution in [0.4, 0.5) is 0 Å². The van der Waals surface area contributed by atoms with Gasteiger partial charge >= 0.3 is 5.97 Å². The second-order valence-electron chi connectivity index (χ2n) is 2.93. The lowest BCUT2D eigenvalue weighted by molar-refractivity contribution is -0.133. The first-order valence-electron chi connectivity index (χ1n) is 4.31. The van der Waals surface area contributed by atoms with E-state index in [9.17, 15) is 9.90 Å². The first-order chi connectivity index (χ1) is 7.07. The van der Waals surface area contributed by atoms with Gasteiger partial charge in [0.05, 0.1) is 7.11 Å². The smallest absolute Gasteiger partial charge is 0.341 e. The molecule has 0 aliphatic heterocycles. The zero-order chi connectivity index (χ0) is 11.4. The third-order valence-electron chi connectivity index (χ3n) is 1.89. The number of aliphatic hydroxyl groups excluding tert-OH is 1. The first-order valence-corrected chi connectivity index (χ1v) is 5.10. The van der Waals surface area contributed by atoms with E-state index in [2.05, 4.69) is 20.7 Å². The molecule has 1 aromatic rings. The molecule has 0 aromatic heterocycles. The summed E-state index contributed by atoms with van der Waals surface area (Å²) in [7, 11) is 1.28. The van der Waals surface area contributed by atoms with Crippen LogP contribution >= 0.6 is 15.9 Å². The third-order valence-corrected chi connectivity index (χ3v) is 2.59. The second kappa shape index (κ2) is 4.98. The molecule has 80 valence electrons. The van der Waals surface area contributed by atoms with Crippen LogP contribution in [0.2, 0.25) is 0 Å². The van der Waals surface area contributed by atoms with E-state index in [-0.39, 0.29) is 11.3 Å². The summed E-state index contributed by atoms with van der Waals surface area (Å²) < 4.78 is 5.34. The minimum Gasteiger partial charge on any atom is -0.512 e. The summed E-state index contributed by atoms with van der Waals surface area (Å²) in [5.74, 6) is -0.615. The van der Waals surface area contributed by atoms with Crippen LogP contribution in [0.25, 0.3) is 5.57 Å². The Bertz CT molecular complexity index is 406. The molecule has 0 atom stereocenters. The van der Waals surface area contributed by atoms with Crippen molar-refractivity contribution >= 4 is 27.5 Å². The third kappa shape index (κ3) is 2.59. The number of benzene rings is 1. The van der Waals surface area contributed by atoms with Gasteiger partial charge in [0.15, 0.2) is 0 Å². The molecule has 1 N–H and O–H groups in total. The van der Waals surface area contributed by atoms with Crippen molar-refractivity contribution in [1.29, 1.82) is 0 Å². The molecule has 0 unspecified atom stereocenters. The first kappa shape index (κ1) is 11.8. The lowest BCUT2D eigenvalue weighted by atomic mass is 10.1. The number of rotatable bonds is 2. The summed E-state index contributed by atoms with van der Waals surface area (Å²) in [6.45, 7) is 1.45. The number of allylic oxidation sites excluding steroid dienone is 1. The van der Waals surface area contributed by atoms with Crippen LogP contribution in [0.1, 0.15) is 12.5 Å². The van der Waals surface area contributed by atoms with E-state index >= 15 is 0 Å². The monoisotopic (exact) mass is 270 g/mol. The Morgan fingerprint density at radius 3 is 2.47 bits per heavy atom. The zero-order valence-electron chi connectivity index (χ0n) is 8.45. The maximum atomic E-state index is 11.4. The Labute approximate surface area is 96.5 Å². The number of hydrogen-bond donors (Lipinski definition) is 1. The van der Waals surface area contributed by atoms with Gasteiger partial charge in [-0.1, -0.05) is 34.1 Å². The van der Waals surface area contributed by atoms with Gasteiger partial charge in [-0.05, 0) is 13.0 Å². The molecule has 1 aromatic carbocycles. The van der Waals surface area contributed by atoms with Crippen LogP contribution in [-0.4, -0.2) is 18.2 Å². The highest BCUT2D eigenvalue weighted by Crippen LogP contribution is 2.26. The number of esters is 1. The van der Waals surface area contributed by atoms with E-state index in [1.165, 1.54) is 14.0 Å². The van der Waals surface area contributed by atoms with Crippen LogP contribution in [-0.2, 0) is 9.53 Å². The fraction of sp³-hybridized carbons (Fsp3) is 0.182. The fourth-order valence-electron chi connectivity index (χ4n) is 1.22. The summed E-state index contributed by atoms with van der Waals surface area (Å²) in [4.78, 5) is 11.4. The van der Waals surface area contributed by atoms with Gasteiger partial charge < -0.3 is 9.84 Å². The van der Waals surface area contributed by atoms with E-state index in [0.29, 0.717) is 5.56 Å². The van der Waals surface area contributed by atoms with Gasteiger partial charge in [-0.15, -0.1) is 0 Å². The van der Waals surface area contributed by atoms with Crippen molar-refractivity contribution in [3.63, 3.8) is 0 Å². The molecule has 0 fully saturated rings. The predicted octanol–water partition coefficient (Wildman–Crippen LogP) is 2.91. The molecule has 0 heterocycles. The number of aliphatic hydroxyl groups is 1. The topological polar surface area (TPSA) is 46.5 Å². The Kier molecular flexibility index (Phi) is 3.91. The van der Waals surface area contributed by atoms with E-state index in [0.717, 1.165) is 4.47 Å². The largest absolute Gasteiger partial charge is 0.512 e. The molecule has 0 saturated heterocycles. The summed E-state index contributed by atoms with van der Waals surface area (Å²) in [5.41, 5.74) is 0.786. The van der Waals surface area contributed by atoms with Gasteiger partial charge in [0.25, 0.3) is 0 Å². The average Bonchev–Trinajstić information content (AvgIpc) is 2.20. The maximum absolute atomic E-state index is 11.4. The SMILES string of the molecule is COC(=O)/C(=C(/C)O)c1ccccc1Br. The molecule has 15 heavy (non-hydrogen) atoms. The number of halogens is 1. The van der Waals surface area contributed by atoms with Crippen LogP contribution < -0.4 is 0 Å². The molecule has 0 aliphatic carbocycles. The molecule has 4 heteroatoms. The molecule has 0 amide bonds. The number of methoxy groups -OCH3 is 1. The Hall–Kier alpha value is -1.29. The van der Waals surface area contributed by atoms with Gasteiger partial charge in [0.1, 0.15) is 11.3 Å². The van der Waals surface area contributed by atoms with Crippen LogP contribution in [0.3, 0.4) is 0 Å². The molecular weight excluding hydrogens is 260 g/mol. The maximum Gasteiger partial charge on any atom is 0.341 e. The van der Waals surface area contributed by atoms with Crippen LogP contribution in [0, 0.1) is 0 Å². The molecular formula is C11H11BrO3. The highest BCUT2D eigenvalue weighted by Gasteiger charge is 2.17. The van der Waals surface area contributed by atoms with E-state index in [4.69, 9.17) is 0 Å². The van der Waals surface area contributed by atoms with Gasteiger partial charge in [-0.3, -0.25) is 0 Å². The van der Waals surface area contributed by atoms with Crippen molar-refractivity contribution in [1.82, 2.24) is 0 Å². The summed E-state index contributed by atoms with van der Waals surface area (Å²) in [6, 6.07) is 7.14. The average molecular weight is 271 g/mol. The summed E-state index contributed by atoms with van der Waals surface area (Å²) >= 11 is 3.31. The second-order valence-corrected chi connectivity index (χ2v) is 3.79. The Morgan fingerprint density at radius 2 is 2.00 bits per heavy atom. The van der Waals surface area contributed by atoms with Gasteiger partial charge in [0.2, 0.25) is 0 Å². The Morgan fingerprint density at radius 1 is 1.40 bits per heavy atom. The predicted molar refractivity (Wildman–Crippen MR) is 61.4 cm³/mol. The lowest BCUT2D eigenvalue weighted by Crippen LogP contribution is -2.06. The molecule has 0 spiro atoms. The fourth-order valence-corrected chi connectivity index (χ4v) is 1.70. The highest BCUT2D eigenvalue weighted by atomic mass is 79.9.